The standard InChI is InChI=1S/C13H14F3N3O3/c1-2-17-10(20)7-18-11(21)12(22)19-9-5-3-8(4-6-9)13(14,15)16/h3-6H,2,7H2,1H3,(H,17,20)(H,18,21)(H,19,22). The summed E-state index contributed by atoms with van der Waals surface area (Å²) in [6.45, 7) is 1.70. The number of carbonyl (C=O) groups is 3. The molecule has 0 unspecified atom stereocenters. The van der Waals surface area contributed by atoms with Crippen molar-refractivity contribution in [2.45, 2.75) is 13.1 Å². The summed E-state index contributed by atoms with van der Waals surface area (Å²) in [4.78, 5) is 34.0. The van der Waals surface area contributed by atoms with Crippen molar-refractivity contribution in [1.82, 2.24) is 10.6 Å². The molecule has 0 aliphatic rings. The van der Waals surface area contributed by atoms with E-state index in [2.05, 4.69) is 16.0 Å². The van der Waals surface area contributed by atoms with Gasteiger partial charge in [0.15, 0.2) is 0 Å². The van der Waals surface area contributed by atoms with Crippen LogP contribution in [-0.4, -0.2) is 30.8 Å². The Morgan fingerprint density at radius 2 is 1.59 bits per heavy atom. The fourth-order valence-corrected chi connectivity index (χ4v) is 1.43. The van der Waals surface area contributed by atoms with Crippen molar-refractivity contribution in [1.29, 1.82) is 0 Å². The highest BCUT2D eigenvalue weighted by Gasteiger charge is 2.30. The number of anilines is 1. The van der Waals surface area contributed by atoms with Gasteiger partial charge in [0.25, 0.3) is 0 Å². The molecular weight excluding hydrogens is 303 g/mol. The topological polar surface area (TPSA) is 87.3 Å². The first-order valence-corrected chi connectivity index (χ1v) is 6.27. The van der Waals surface area contributed by atoms with Gasteiger partial charge in [-0.2, -0.15) is 13.2 Å². The Bertz CT molecular complexity index is 556. The molecule has 0 spiro atoms. The Balaban J connectivity index is 2.54. The summed E-state index contributed by atoms with van der Waals surface area (Å²) in [5.41, 5.74) is -0.836. The quantitative estimate of drug-likeness (QED) is 0.721. The summed E-state index contributed by atoms with van der Waals surface area (Å²) in [5.74, 6) is -2.60. The van der Waals surface area contributed by atoms with Crippen LogP contribution in [-0.2, 0) is 20.6 Å². The smallest absolute Gasteiger partial charge is 0.355 e. The number of rotatable bonds is 4. The Morgan fingerprint density at radius 1 is 1.00 bits per heavy atom. The molecule has 0 atom stereocenters. The van der Waals surface area contributed by atoms with Gasteiger partial charge in [0.05, 0.1) is 12.1 Å². The van der Waals surface area contributed by atoms with Gasteiger partial charge in [-0.25, -0.2) is 0 Å². The highest BCUT2D eigenvalue weighted by atomic mass is 19.4. The lowest BCUT2D eigenvalue weighted by atomic mass is 10.2. The van der Waals surface area contributed by atoms with Crippen LogP contribution in [0.3, 0.4) is 0 Å². The third-order valence-corrected chi connectivity index (χ3v) is 2.46. The number of hydrogen-bond acceptors (Lipinski definition) is 3. The van der Waals surface area contributed by atoms with E-state index in [0.717, 1.165) is 24.3 Å². The van der Waals surface area contributed by atoms with E-state index in [9.17, 15) is 27.6 Å². The van der Waals surface area contributed by atoms with Crippen molar-refractivity contribution in [3.05, 3.63) is 29.8 Å². The maximum atomic E-state index is 12.4. The normalized spacial score (nSPS) is 10.7. The van der Waals surface area contributed by atoms with Crippen LogP contribution < -0.4 is 16.0 Å². The van der Waals surface area contributed by atoms with Gasteiger partial charge in [0.2, 0.25) is 5.91 Å². The molecule has 0 aliphatic heterocycles. The van der Waals surface area contributed by atoms with E-state index in [1.807, 2.05) is 0 Å². The molecule has 0 radical (unpaired) electrons. The van der Waals surface area contributed by atoms with Crippen LogP contribution in [0, 0.1) is 0 Å². The van der Waals surface area contributed by atoms with Crippen LogP contribution in [0.4, 0.5) is 18.9 Å². The van der Waals surface area contributed by atoms with Gasteiger partial charge < -0.3 is 16.0 Å². The lowest BCUT2D eigenvalue weighted by Crippen LogP contribution is -2.41. The van der Waals surface area contributed by atoms with Crippen molar-refractivity contribution < 1.29 is 27.6 Å². The summed E-state index contributed by atoms with van der Waals surface area (Å²) in [6.07, 6.45) is -4.48. The first-order chi connectivity index (χ1) is 10.2. The van der Waals surface area contributed by atoms with Crippen LogP contribution in [0.5, 0.6) is 0 Å². The maximum absolute atomic E-state index is 12.4. The molecule has 0 heterocycles. The molecule has 1 aromatic carbocycles. The molecule has 0 aliphatic carbocycles. The third-order valence-electron chi connectivity index (χ3n) is 2.46. The lowest BCUT2D eigenvalue weighted by Gasteiger charge is -2.09. The van der Waals surface area contributed by atoms with Crippen molar-refractivity contribution in [3.8, 4) is 0 Å². The minimum absolute atomic E-state index is 0.0335. The first kappa shape index (κ1) is 17.5. The largest absolute Gasteiger partial charge is 0.416 e. The Morgan fingerprint density at radius 3 is 2.09 bits per heavy atom. The van der Waals surface area contributed by atoms with Gasteiger partial charge >= 0.3 is 18.0 Å². The highest BCUT2D eigenvalue weighted by Crippen LogP contribution is 2.29. The van der Waals surface area contributed by atoms with E-state index in [1.54, 1.807) is 6.92 Å². The van der Waals surface area contributed by atoms with Crippen molar-refractivity contribution in [2.24, 2.45) is 0 Å². The van der Waals surface area contributed by atoms with Gasteiger partial charge in [-0.3, -0.25) is 14.4 Å². The van der Waals surface area contributed by atoms with E-state index in [4.69, 9.17) is 0 Å². The Kier molecular flexibility index (Phi) is 5.90. The van der Waals surface area contributed by atoms with Crippen LogP contribution in [0.1, 0.15) is 12.5 Å². The molecule has 120 valence electrons. The minimum atomic E-state index is -4.48. The SMILES string of the molecule is CCNC(=O)CNC(=O)C(=O)Nc1ccc(C(F)(F)F)cc1. The van der Waals surface area contributed by atoms with Gasteiger partial charge in [0, 0.05) is 12.2 Å². The summed E-state index contributed by atoms with van der Waals surface area (Å²) in [7, 11) is 0. The molecule has 0 saturated carbocycles. The summed E-state index contributed by atoms with van der Waals surface area (Å²) in [6, 6.07) is 3.61. The number of carbonyl (C=O) groups excluding carboxylic acids is 3. The first-order valence-electron chi connectivity index (χ1n) is 6.27. The van der Waals surface area contributed by atoms with E-state index >= 15 is 0 Å². The molecule has 9 heteroatoms. The number of amides is 3. The Labute approximate surface area is 124 Å². The molecule has 1 aromatic rings. The number of benzene rings is 1. The van der Waals surface area contributed by atoms with Gasteiger partial charge in [-0.15, -0.1) is 0 Å². The molecule has 22 heavy (non-hydrogen) atoms. The van der Waals surface area contributed by atoms with Crippen LogP contribution in [0.2, 0.25) is 0 Å². The van der Waals surface area contributed by atoms with Crippen molar-refractivity contribution in [3.63, 3.8) is 0 Å². The van der Waals surface area contributed by atoms with E-state index < -0.39 is 29.5 Å². The average molecular weight is 317 g/mol. The zero-order valence-electron chi connectivity index (χ0n) is 11.6. The second-order valence-electron chi connectivity index (χ2n) is 4.17. The fraction of sp³-hybridized carbons (Fsp3) is 0.308. The molecule has 0 saturated heterocycles. The van der Waals surface area contributed by atoms with Gasteiger partial charge in [0.1, 0.15) is 0 Å². The maximum Gasteiger partial charge on any atom is 0.416 e. The minimum Gasteiger partial charge on any atom is -0.355 e. The molecule has 3 N–H and O–H groups in total. The molecule has 0 fully saturated rings. The number of hydrogen-bond donors (Lipinski definition) is 3. The summed E-state index contributed by atoms with van der Waals surface area (Å²) >= 11 is 0. The monoisotopic (exact) mass is 317 g/mol. The molecular formula is C13H14F3N3O3. The predicted molar refractivity (Wildman–Crippen MR) is 71.8 cm³/mol. The molecule has 0 bridgehead atoms. The molecule has 6 nitrogen and oxygen atoms in total. The highest BCUT2D eigenvalue weighted by molar-refractivity contribution is 6.39. The van der Waals surface area contributed by atoms with Crippen LogP contribution >= 0.6 is 0 Å². The second kappa shape index (κ2) is 7.43. The zero-order valence-corrected chi connectivity index (χ0v) is 11.6. The van der Waals surface area contributed by atoms with E-state index in [-0.39, 0.29) is 12.2 Å². The van der Waals surface area contributed by atoms with Crippen molar-refractivity contribution >= 4 is 23.4 Å². The van der Waals surface area contributed by atoms with Gasteiger partial charge in [-0.1, -0.05) is 0 Å². The third kappa shape index (κ3) is 5.43. The second-order valence-corrected chi connectivity index (χ2v) is 4.17. The van der Waals surface area contributed by atoms with Crippen LogP contribution in [0.15, 0.2) is 24.3 Å². The lowest BCUT2D eigenvalue weighted by molar-refractivity contribution is -0.137. The van der Waals surface area contributed by atoms with E-state index in [1.165, 1.54) is 0 Å². The summed E-state index contributed by atoms with van der Waals surface area (Å²) in [5, 5.41) is 6.62. The average Bonchev–Trinajstić information content (AvgIpc) is 2.44. The van der Waals surface area contributed by atoms with Crippen molar-refractivity contribution in [2.75, 3.05) is 18.4 Å². The fourth-order valence-electron chi connectivity index (χ4n) is 1.43. The summed E-state index contributed by atoms with van der Waals surface area (Å²) < 4.78 is 37.1. The molecule has 1 rings (SSSR count). The molecule has 3 amide bonds. The zero-order chi connectivity index (χ0) is 16.8. The predicted octanol–water partition coefficient (Wildman–Crippen LogP) is 0.896. The van der Waals surface area contributed by atoms with Crippen LogP contribution in [0.25, 0.3) is 0 Å². The number of nitrogens with one attached hydrogen (secondary N) is 3. The van der Waals surface area contributed by atoms with Gasteiger partial charge in [-0.05, 0) is 31.2 Å². The molecule has 0 aromatic heterocycles. The number of likely N-dealkylation sites (N-methyl/N-ethyl adjacent to an activating group) is 1. The number of halogens is 3. The number of alkyl halides is 3. The van der Waals surface area contributed by atoms with E-state index in [0.29, 0.717) is 6.54 Å². The Hall–Kier alpha value is -2.58.